The van der Waals surface area contributed by atoms with Crippen LogP contribution < -0.4 is 4.90 Å². The molecule has 0 spiro atoms. The Morgan fingerprint density at radius 1 is 1.62 bits per heavy atom. The minimum atomic E-state index is -0.779. The Bertz CT molecular complexity index is 610. The molecule has 1 fully saturated rings. The molecule has 1 unspecified atom stereocenters. The molecular weight excluding hydrogens is 278 g/mol. The summed E-state index contributed by atoms with van der Waals surface area (Å²) in [6.45, 7) is 0.844. The standard InChI is InChI=1S/C13H13N3O5/c1-20-13(17)12-8-15(4-5-21-12)10-3-2-9(7-14)6-11(10)16(18)19/h2-3,6,12H,4-5,8H2,1H3. The van der Waals surface area contributed by atoms with Gasteiger partial charge in [0.05, 0.1) is 36.8 Å². The van der Waals surface area contributed by atoms with Crippen molar-refractivity contribution < 1.29 is 19.2 Å². The molecule has 0 aromatic heterocycles. The first-order valence-corrected chi connectivity index (χ1v) is 6.19. The third kappa shape index (κ3) is 3.09. The summed E-state index contributed by atoms with van der Waals surface area (Å²) in [4.78, 5) is 23.8. The van der Waals surface area contributed by atoms with E-state index in [0.29, 0.717) is 12.2 Å². The first-order chi connectivity index (χ1) is 10.1. The number of nitrogens with zero attached hydrogens (tertiary/aromatic N) is 3. The third-order valence-electron chi connectivity index (χ3n) is 3.17. The van der Waals surface area contributed by atoms with E-state index in [1.165, 1.54) is 25.3 Å². The Kier molecular flexibility index (Phi) is 4.35. The Labute approximate surface area is 120 Å². The number of carbonyl (C=O) groups excluding carboxylic acids is 1. The lowest BCUT2D eigenvalue weighted by atomic mass is 10.1. The van der Waals surface area contributed by atoms with Gasteiger partial charge in [0.2, 0.25) is 0 Å². The molecule has 1 aromatic rings. The number of nitro benzene ring substituents is 1. The average Bonchev–Trinajstić information content (AvgIpc) is 2.53. The molecule has 1 heterocycles. The summed E-state index contributed by atoms with van der Waals surface area (Å²) in [5.74, 6) is -0.518. The molecule has 1 atom stereocenters. The van der Waals surface area contributed by atoms with Crippen molar-refractivity contribution in [1.29, 1.82) is 5.26 Å². The Balaban J connectivity index is 2.31. The average molecular weight is 291 g/mol. The highest BCUT2D eigenvalue weighted by Crippen LogP contribution is 2.30. The van der Waals surface area contributed by atoms with Crippen LogP contribution >= 0.6 is 0 Å². The largest absolute Gasteiger partial charge is 0.467 e. The lowest BCUT2D eigenvalue weighted by Crippen LogP contribution is -2.46. The SMILES string of the molecule is COC(=O)C1CN(c2ccc(C#N)cc2[N+](=O)[O-])CCO1. The third-order valence-corrected chi connectivity index (χ3v) is 3.17. The molecule has 0 N–H and O–H groups in total. The molecule has 2 rings (SSSR count). The molecule has 110 valence electrons. The van der Waals surface area contributed by atoms with Crippen LogP contribution in [0.3, 0.4) is 0 Å². The van der Waals surface area contributed by atoms with Gasteiger partial charge in [-0.1, -0.05) is 0 Å². The minimum absolute atomic E-state index is 0.166. The summed E-state index contributed by atoms with van der Waals surface area (Å²) in [7, 11) is 1.26. The molecule has 0 saturated carbocycles. The maximum atomic E-state index is 11.5. The van der Waals surface area contributed by atoms with Crippen molar-refractivity contribution in [2.45, 2.75) is 6.10 Å². The second-order valence-electron chi connectivity index (χ2n) is 4.40. The van der Waals surface area contributed by atoms with Crippen LogP contribution in [0.2, 0.25) is 0 Å². The van der Waals surface area contributed by atoms with E-state index in [1.54, 1.807) is 4.90 Å². The fourth-order valence-corrected chi connectivity index (χ4v) is 2.15. The van der Waals surface area contributed by atoms with Crippen molar-refractivity contribution in [3.05, 3.63) is 33.9 Å². The van der Waals surface area contributed by atoms with Gasteiger partial charge in [-0.05, 0) is 12.1 Å². The van der Waals surface area contributed by atoms with E-state index >= 15 is 0 Å². The molecule has 8 heteroatoms. The Morgan fingerprint density at radius 2 is 2.38 bits per heavy atom. The van der Waals surface area contributed by atoms with E-state index < -0.39 is 17.0 Å². The number of nitriles is 1. The second-order valence-corrected chi connectivity index (χ2v) is 4.40. The quantitative estimate of drug-likeness (QED) is 0.461. The number of hydrogen-bond donors (Lipinski definition) is 0. The van der Waals surface area contributed by atoms with Crippen LogP contribution in [0.1, 0.15) is 5.56 Å². The van der Waals surface area contributed by atoms with Crippen molar-refractivity contribution in [2.75, 3.05) is 31.7 Å². The zero-order chi connectivity index (χ0) is 15.4. The first kappa shape index (κ1) is 14.7. The van der Waals surface area contributed by atoms with E-state index in [4.69, 9.17) is 10.00 Å². The second kappa shape index (κ2) is 6.19. The maximum absolute atomic E-state index is 11.5. The number of benzene rings is 1. The van der Waals surface area contributed by atoms with E-state index in [2.05, 4.69) is 4.74 Å². The monoisotopic (exact) mass is 291 g/mol. The molecule has 8 nitrogen and oxygen atoms in total. The zero-order valence-electron chi connectivity index (χ0n) is 11.3. The van der Waals surface area contributed by atoms with E-state index in [9.17, 15) is 14.9 Å². The van der Waals surface area contributed by atoms with Crippen molar-refractivity contribution >= 4 is 17.3 Å². The maximum Gasteiger partial charge on any atom is 0.336 e. The van der Waals surface area contributed by atoms with Gasteiger partial charge in [0.25, 0.3) is 5.69 Å². The predicted octanol–water partition coefficient (Wildman–Crippen LogP) is 0.845. The van der Waals surface area contributed by atoms with Gasteiger partial charge in [0.15, 0.2) is 6.10 Å². The van der Waals surface area contributed by atoms with Crippen molar-refractivity contribution in [3.63, 3.8) is 0 Å². The Morgan fingerprint density at radius 3 is 3.00 bits per heavy atom. The van der Waals surface area contributed by atoms with Gasteiger partial charge < -0.3 is 14.4 Å². The lowest BCUT2D eigenvalue weighted by molar-refractivity contribution is -0.384. The summed E-state index contributed by atoms with van der Waals surface area (Å²) < 4.78 is 9.91. The number of rotatable bonds is 3. The molecule has 0 bridgehead atoms. The topological polar surface area (TPSA) is 106 Å². The van der Waals surface area contributed by atoms with Crippen LogP contribution in [0, 0.1) is 21.4 Å². The van der Waals surface area contributed by atoms with Crippen LogP contribution in [0.5, 0.6) is 0 Å². The normalized spacial score (nSPS) is 17.9. The van der Waals surface area contributed by atoms with Gasteiger partial charge in [0.1, 0.15) is 5.69 Å². The highest BCUT2D eigenvalue weighted by molar-refractivity contribution is 5.76. The van der Waals surface area contributed by atoms with Gasteiger partial charge in [-0.25, -0.2) is 4.79 Å². The molecule has 0 aliphatic carbocycles. The molecule has 1 aromatic carbocycles. The lowest BCUT2D eigenvalue weighted by Gasteiger charge is -2.32. The van der Waals surface area contributed by atoms with Gasteiger partial charge in [0, 0.05) is 12.6 Å². The van der Waals surface area contributed by atoms with Crippen LogP contribution in [0.4, 0.5) is 11.4 Å². The smallest absolute Gasteiger partial charge is 0.336 e. The van der Waals surface area contributed by atoms with Gasteiger partial charge in [-0.15, -0.1) is 0 Å². The zero-order valence-corrected chi connectivity index (χ0v) is 11.3. The number of nitro groups is 1. The summed E-state index contributed by atoms with van der Waals surface area (Å²) in [6, 6.07) is 6.10. The summed E-state index contributed by atoms with van der Waals surface area (Å²) >= 11 is 0. The van der Waals surface area contributed by atoms with Gasteiger partial charge in [-0.2, -0.15) is 5.26 Å². The number of hydrogen-bond acceptors (Lipinski definition) is 7. The number of methoxy groups -OCH3 is 1. The van der Waals surface area contributed by atoms with E-state index in [0.717, 1.165) is 0 Å². The number of esters is 1. The fourth-order valence-electron chi connectivity index (χ4n) is 2.15. The molecule has 0 radical (unpaired) electrons. The highest BCUT2D eigenvalue weighted by Gasteiger charge is 2.30. The van der Waals surface area contributed by atoms with Crippen LogP contribution in [0.25, 0.3) is 0 Å². The van der Waals surface area contributed by atoms with Gasteiger partial charge >= 0.3 is 5.97 Å². The Hall–Kier alpha value is -2.66. The summed E-state index contributed by atoms with van der Waals surface area (Å²) in [5.41, 5.74) is 0.402. The van der Waals surface area contributed by atoms with Gasteiger partial charge in [-0.3, -0.25) is 10.1 Å². The molecule has 0 amide bonds. The van der Waals surface area contributed by atoms with Crippen molar-refractivity contribution in [3.8, 4) is 6.07 Å². The first-order valence-electron chi connectivity index (χ1n) is 6.19. The van der Waals surface area contributed by atoms with Crippen molar-refractivity contribution in [1.82, 2.24) is 0 Å². The molecule has 1 aliphatic heterocycles. The van der Waals surface area contributed by atoms with Crippen molar-refractivity contribution in [2.24, 2.45) is 0 Å². The molecule has 1 aliphatic rings. The fraction of sp³-hybridized carbons (Fsp3) is 0.385. The molecule has 1 saturated heterocycles. The minimum Gasteiger partial charge on any atom is -0.467 e. The highest BCUT2D eigenvalue weighted by atomic mass is 16.6. The number of ether oxygens (including phenoxy) is 2. The van der Waals surface area contributed by atoms with E-state index in [-0.39, 0.29) is 24.4 Å². The molecular formula is C13H13N3O5. The predicted molar refractivity (Wildman–Crippen MR) is 71.8 cm³/mol. The summed E-state index contributed by atoms with van der Waals surface area (Å²) in [5, 5.41) is 20.0. The number of morpholine rings is 1. The van der Waals surface area contributed by atoms with E-state index in [1.807, 2.05) is 6.07 Å². The summed E-state index contributed by atoms with van der Waals surface area (Å²) in [6.07, 6.45) is -0.779. The van der Waals surface area contributed by atoms with Crippen LogP contribution in [0.15, 0.2) is 18.2 Å². The molecule has 21 heavy (non-hydrogen) atoms. The number of anilines is 1. The number of carbonyl (C=O) groups is 1. The van der Waals surface area contributed by atoms with Crippen LogP contribution in [-0.2, 0) is 14.3 Å². The van der Waals surface area contributed by atoms with Crippen LogP contribution in [-0.4, -0.2) is 43.8 Å².